The van der Waals surface area contributed by atoms with Gasteiger partial charge in [-0.05, 0) is 0 Å². The van der Waals surface area contributed by atoms with Crippen molar-refractivity contribution >= 4 is 17.6 Å². The molecule has 0 bridgehead atoms. The molecule has 1 aromatic rings. The normalized spacial score (nSPS) is 10.5. The van der Waals surface area contributed by atoms with E-state index in [-0.39, 0.29) is 0 Å². The van der Waals surface area contributed by atoms with Crippen LogP contribution >= 0.6 is 11.6 Å². The summed E-state index contributed by atoms with van der Waals surface area (Å²) in [6.07, 6.45) is -3.03. The number of alkyl halides is 2. The Morgan fingerprint density at radius 3 is 2.67 bits per heavy atom. The SMILES string of the molecule is COC(=O)c1cc(F)nc(Cl)c1C(F)F. The fourth-order valence-electron chi connectivity index (χ4n) is 0.981. The summed E-state index contributed by atoms with van der Waals surface area (Å²) in [6, 6.07) is 0.555. The zero-order valence-electron chi connectivity index (χ0n) is 7.43. The van der Waals surface area contributed by atoms with Crippen LogP contribution in [0.15, 0.2) is 6.07 Å². The Kier molecular flexibility index (Phi) is 3.52. The number of ether oxygens (including phenoxy) is 1. The summed E-state index contributed by atoms with van der Waals surface area (Å²) in [5, 5.41) is -0.745. The zero-order chi connectivity index (χ0) is 11.6. The highest BCUT2D eigenvalue weighted by atomic mass is 35.5. The van der Waals surface area contributed by atoms with Gasteiger partial charge in [-0.25, -0.2) is 18.6 Å². The summed E-state index contributed by atoms with van der Waals surface area (Å²) in [5.74, 6) is -2.21. The van der Waals surface area contributed by atoms with Gasteiger partial charge in [0.05, 0.1) is 18.2 Å². The standard InChI is InChI=1S/C8H5ClF3NO2/c1-15-8(14)3-2-4(10)13-6(9)5(3)7(11)12/h2,7H,1H3. The van der Waals surface area contributed by atoms with Crippen LogP contribution in [0.1, 0.15) is 22.3 Å². The van der Waals surface area contributed by atoms with Gasteiger partial charge in [-0.2, -0.15) is 4.39 Å². The van der Waals surface area contributed by atoms with Crippen LogP contribution in [-0.4, -0.2) is 18.1 Å². The van der Waals surface area contributed by atoms with E-state index < -0.39 is 34.6 Å². The van der Waals surface area contributed by atoms with Gasteiger partial charge in [0.1, 0.15) is 5.15 Å². The van der Waals surface area contributed by atoms with E-state index in [1.54, 1.807) is 0 Å². The molecular formula is C8H5ClF3NO2. The van der Waals surface area contributed by atoms with E-state index in [0.717, 1.165) is 7.11 Å². The van der Waals surface area contributed by atoms with E-state index in [4.69, 9.17) is 11.6 Å². The highest BCUT2D eigenvalue weighted by molar-refractivity contribution is 6.30. The number of methoxy groups -OCH3 is 1. The molecule has 7 heteroatoms. The summed E-state index contributed by atoms with van der Waals surface area (Å²) in [6.45, 7) is 0. The van der Waals surface area contributed by atoms with Crippen LogP contribution in [-0.2, 0) is 4.74 Å². The van der Waals surface area contributed by atoms with Crippen molar-refractivity contribution in [3.63, 3.8) is 0 Å². The molecule has 1 aromatic heterocycles. The van der Waals surface area contributed by atoms with E-state index in [9.17, 15) is 18.0 Å². The third-order valence-corrected chi connectivity index (χ3v) is 1.89. The number of halogens is 4. The van der Waals surface area contributed by atoms with E-state index >= 15 is 0 Å². The molecule has 0 spiro atoms. The van der Waals surface area contributed by atoms with E-state index in [0.29, 0.717) is 6.07 Å². The van der Waals surface area contributed by atoms with Gasteiger partial charge in [-0.1, -0.05) is 11.6 Å². The summed E-state index contributed by atoms with van der Waals surface area (Å²) in [5.41, 5.74) is -1.45. The molecular weight excluding hydrogens is 235 g/mol. The van der Waals surface area contributed by atoms with Crippen molar-refractivity contribution in [1.29, 1.82) is 0 Å². The molecule has 1 rings (SSSR count). The number of pyridine rings is 1. The minimum atomic E-state index is -3.03. The monoisotopic (exact) mass is 239 g/mol. The van der Waals surface area contributed by atoms with Crippen molar-refractivity contribution in [3.05, 3.63) is 28.3 Å². The lowest BCUT2D eigenvalue weighted by Gasteiger charge is -2.08. The van der Waals surface area contributed by atoms with E-state index in [1.165, 1.54) is 0 Å². The van der Waals surface area contributed by atoms with Crippen molar-refractivity contribution in [2.75, 3.05) is 7.11 Å². The first-order chi connectivity index (χ1) is 6.97. The van der Waals surface area contributed by atoms with Gasteiger partial charge in [-0.3, -0.25) is 0 Å². The van der Waals surface area contributed by atoms with Gasteiger partial charge in [0.2, 0.25) is 5.95 Å². The van der Waals surface area contributed by atoms with Crippen LogP contribution in [0.25, 0.3) is 0 Å². The molecule has 0 atom stereocenters. The molecule has 1 heterocycles. The topological polar surface area (TPSA) is 39.2 Å². The maximum Gasteiger partial charge on any atom is 0.338 e. The Bertz CT molecular complexity index is 398. The Morgan fingerprint density at radius 1 is 1.60 bits per heavy atom. The second kappa shape index (κ2) is 4.48. The third-order valence-electron chi connectivity index (χ3n) is 1.60. The van der Waals surface area contributed by atoms with Gasteiger partial charge in [0.25, 0.3) is 6.43 Å². The number of rotatable bonds is 2. The van der Waals surface area contributed by atoms with Gasteiger partial charge >= 0.3 is 5.97 Å². The second-order valence-corrected chi connectivity index (χ2v) is 2.85. The average Bonchev–Trinajstić information content (AvgIpc) is 2.14. The van der Waals surface area contributed by atoms with Crippen LogP contribution in [0, 0.1) is 5.95 Å². The van der Waals surface area contributed by atoms with Crippen LogP contribution < -0.4 is 0 Å². The van der Waals surface area contributed by atoms with Crippen molar-refractivity contribution < 1.29 is 22.7 Å². The van der Waals surface area contributed by atoms with Crippen molar-refractivity contribution in [3.8, 4) is 0 Å². The van der Waals surface area contributed by atoms with Crippen LogP contribution in [0.3, 0.4) is 0 Å². The van der Waals surface area contributed by atoms with Crippen molar-refractivity contribution in [1.82, 2.24) is 4.98 Å². The maximum atomic E-state index is 12.7. The van der Waals surface area contributed by atoms with Crippen LogP contribution in [0.2, 0.25) is 5.15 Å². The summed E-state index contributed by atoms with van der Waals surface area (Å²) < 4.78 is 41.9. The number of nitrogens with zero attached hydrogens (tertiary/aromatic N) is 1. The molecule has 0 amide bonds. The predicted octanol–water partition coefficient (Wildman–Crippen LogP) is 2.60. The molecule has 0 aliphatic rings. The molecule has 0 aliphatic heterocycles. The number of carbonyl (C=O) groups excluding carboxylic acids is 1. The summed E-state index contributed by atoms with van der Waals surface area (Å²) in [7, 11) is 0.990. The van der Waals surface area contributed by atoms with Crippen molar-refractivity contribution in [2.24, 2.45) is 0 Å². The van der Waals surface area contributed by atoms with Crippen LogP contribution in [0.5, 0.6) is 0 Å². The number of aromatic nitrogens is 1. The fourth-order valence-corrected chi connectivity index (χ4v) is 1.25. The second-order valence-electron chi connectivity index (χ2n) is 2.49. The van der Waals surface area contributed by atoms with Crippen LogP contribution in [0.4, 0.5) is 13.2 Å². The Balaban J connectivity index is 3.40. The zero-order valence-corrected chi connectivity index (χ0v) is 8.19. The number of esters is 1. The van der Waals surface area contributed by atoms with Gasteiger partial charge in [0.15, 0.2) is 0 Å². The molecule has 0 N–H and O–H groups in total. The highest BCUT2D eigenvalue weighted by Gasteiger charge is 2.24. The lowest BCUT2D eigenvalue weighted by atomic mass is 10.1. The molecule has 0 aliphatic carbocycles. The maximum absolute atomic E-state index is 12.7. The number of carbonyl (C=O) groups is 1. The first-order valence-electron chi connectivity index (χ1n) is 3.69. The Labute approximate surface area is 87.8 Å². The van der Waals surface area contributed by atoms with Gasteiger partial charge < -0.3 is 4.74 Å². The number of hydrogen-bond donors (Lipinski definition) is 0. The lowest BCUT2D eigenvalue weighted by Crippen LogP contribution is -2.09. The fraction of sp³-hybridized carbons (Fsp3) is 0.250. The smallest absolute Gasteiger partial charge is 0.338 e. The molecule has 0 unspecified atom stereocenters. The molecule has 3 nitrogen and oxygen atoms in total. The average molecular weight is 240 g/mol. The molecule has 0 aromatic carbocycles. The predicted molar refractivity (Wildman–Crippen MR) is 45.5 cm³/mol. The Hall–Kier alpha value is -1.30. The minimum absolute atomic E-state index is 0.555. The minimum Gasteiger partial charge on any atom is -0.465 e. The molecule has 82 valence electrons. The molecule has 0 saturated heterocycles. The quantitative estimate of drug-likeness (QED) is 0.588. The van der Waals surface area contributed by atoms with E-state index in [1.807, 2.05) is 0 Å². The van der Waals surface area contributed by atoms with Gasteiger partial charge in [-0.15, -0.1) is 0 Å². The first kappa shape index (κ1) is 11.8. The van der Waals surface area contributed by atoms with E-state index in [2.05, 4.69) is 9.72 Å². The third kappa shape index (κ3) is 2.38. The molecule has 0 fully saturated rings. The summed E-state index contributed by atoms with van der Waals surface area (Å²) in [4.78, 5) is 14.0. The summed E-state index contributed by atoms with van der Waals surface area (Å²) >= 11 is 5.29. The molecule has 0 radical (unpaired) electrons. The number of hydrogen-bond acceptors (Lipinski definition) is 3. The molecule has 0 saturated carbocycles. The Morgan fingerprint density at radius 2 is 2.20 bits per heavy atom. The van der Waals surface area contributed by atoms with Crippen molar-refractivity contribution in [2.45, 2.75) is 6.43 Å². The largest absolute Gasteiger partial charge is 0.465 e. The highest BCUT2D eigenvalue weighted by Crippen LogP contribution is 2.29. The molecule has 15 heavy (non-hydrogen) atoms. The first-order valence-corrected chi connectivity index (χ1v) is 4.07. The lowest BCUT2D eigenvalue weighted by molar-refractivity contribution is 0.0588. The van der Waals surface area contributed by atoms with Gasteiger partial charge in [0, 0.05) is 6.07 Å².